The van der Waals surface area contributed by atoms with Crippen LogP contribution in [0.3, 0.4) is 0 Å². The molecule has 1 aromatic carbocycles. The van der Waals surface area contributed by atoms with E-state index in [-0.39, 0.29) is 12.0 Å². The predicted octanol–water partition coefficient (Wildman–Crippen LogP) is 2.98. The molecule has 1 fully saturated rings. The minimum Gasteiger partial charge on any atom is -0.472 e. The SMILES string of the molecule is O=C(c1ccc2ncsc2c1)N1CCC(Oc2ccccn2)C1. The number of carbonyl (C=O) groups is 1. The zero-order chi connectivity index (χ0) is 15.6. The second kappa shape index (κ2) is 5.96. The summed E-state index contributed by atoms with van der Waals surface area (Å²) in [5.41, 5.74) is 3.44. The monoisotopic (exact) mass is 325 g/mol. The summed E-state index contributed by atoms with van der Waals surface area (Å²) in [5.74, 6) is 0.658. The van der Waals surface area contributed by atoms with Gasteiger partial charge in [-0.2, -0.15) is 0 Å². The van der Waals surface area contributed by atoms with Crippen LogP contribution in [0.1, 0.15) is 16.8 Å². The van der Waals surface area contributed by atoms with Gasteiger partial charge in [-0.3, -0.25) is 4.79 Å². The van der Waals surface area contributed by atoms with Crippen molar-refractivity contribution >= 4 is 27.5 Å². The Bertz CT molecular complexity index is 834. The molecule has 0 N–H and O–H groups in total. The maximum atomic E-state index is 12.6. The van der Waals surface area contributed by atoms with E-state index in [0.29, 0.717) is 24.5 Å². The average molecular weight is 325 g/mol. The van der Waals surface area contributed by atoms with Gasteiger partial charge in [0.2, 0.25) is 5.88 Å². The lowest BCUT2D eigenvalue weighted by Gasteiger charge is -2.17. The van der Waals surface area contributed by atoms with Gasteiger partial charge in [0.1, 0.15) is 6.10 Å². The standard InChI is InChI=1S/C17H15N3O2S/c21-17(12-4-5-14-15(9-12)23-11-19-14)20-8-6-13(10-20)22-16-3-1-2-7-18-16/h1-5,7,9,11,13H,6,8,10H2. The molecule has 3 aromatic rings. The van der Waals surface area contributed by atoms with Crippen LogP contribution in [-0.4, -0.2) is 40.0 Å². The Balaban J connectivity index is 1.45. The summed E-state index contributed by atoms with van der Waals surface area (Å²) < 4.78 is 6.87. The van der Waals surface area contributed by atoms with Crippen LogP contribution >= 0.6 is 11.3 Å². The van der Waals surface area contributed by atoms with Crippen molar-refractivity contribution in [1.29, 1.82) is 0 Å². The molecule has 0 bridgehead atoms. The van der Waals surface area contributed by atoms with E-state index in [4.69, 9.17) is 4.74 Å². The molecule has 6 heteroatoms. The highest BCUT2D eigenvalue weighted by molar-refractivity contribution is 7.16. The number of fused-ring (bicyclic) bond motifs is 1. The highest BCUT2D eigenvalue weighted by atomic mass is 32.1. The third-order valence-corrected chi connectivity index (χ3v) is 4.73. The highest BCUT2D eigenvalue weighted by Crippen LogP contribution is 2.22. The van der Waals surface area contributed by atoms with Crippen molar-refractivity contribution in [1.82, 2.24) is 14.9 Å². The second-order valence-electron chi connectivity index (χ2n) is 5.48. The molecule has 0 spiro atoms. The Labute approximate surface area is 137 Å². The van der Waals surface area contributed by atoms with Crippen molar-refractivity contribution in [3.05, 3.63) is 53.7 Å². The molecule has 23 heavy (non-hydrogen) atoms. The van der Waals surface area contributed by atoms with Crippen LogP contribution in [0.15, 0.2) is 48.1 Å². The molecule has 1 amide bonds. The van der Waals surface area contributed by atoms with Crippen molar-refractivity contribution in [3.63, 3.8) is 0 Å². The van der Waals surface area contributed by atoms with Crippen LogP contribution in [0.5, 0.6) is 5.88 Å². The van der Waals surface area contributed by atoms with Crippen LogP contribution in [0, 0.1) is 0 Å². The number of nitrogens with zero attached hydrogens (tertiary/aromatic N) is 3. The zero-order valence-corrected chi connectivity index (χ0v) is 13.2. The first-order chi connectivity index (χ1) is 11.3. The molecule has 5 nitrogen and oxygen atoms in total. The van der Waals surface area contributed by atoms with E-state index in [0.717, 1.165) is 16.6 Å². The predicted molar refractivity (Wildman–Crippen MR) is 88.8 cm³/mol. The van der Waals surface area contributed by atoms with Crippen molar-refractivity contribution in [2.24, 2.45) is 0 Å². The van der Waals surface area contributed by atoms with E-state index in [9.17, 15) is 4.79 Å². The van der Waals surface area contributed by atoms with E-state index in [2.05, 4.69) is 9.97 Å². The number of rotatable bonds is 3. The van der Waals surface area contributed by atoms with E-state index in [1.807, 2.05) is 41.3 Å². The molecule has 1 atom stereocenters. The quantitative estimate of drug-likeness (QED) is 0.743. The molecule has 1 saturated heterocycles. The largest absolute Gasteiger partial charge is 0.472 e. The van der Waals surface area contributed by atoms with Gasteiger partial charge in [0.15, 0.2) is 0 Å². The van der Waals surface area contributed by atoms with Crippen LogP contribution in [0.2, 0.25) is 0 Å². The van der Waals surface area contributed by atoms with Gasteiger partial charge < -0.3 is 9.64 Å². The number of ether oxygens (including phenoxy) is 1. The molecule has 0 aliphatic carbocycles. The fraction of sp³-hybridized carbons (Fsp3) is 0.235. The van der Waals surface area contributed by atoms with Crippen LogP contribution in [0.25, 0.3) is 10.2 Å². The normalized spacial score (nSPS) is 17.6. The van der Waals surface area contributed by atoms with Gasteiger partial charge in [0.05, 0.1) is 22.3 Å². The third kappa shape index (κ3) is 2.90. The average Bonchev–Trinajstić information content (AvgIpc) is 3.23. The Morgan fingerprint density at radius 1 is 1.26 bits per heavy atom. The number of likely N-dealkylation sites (tertiary alicyclic amines) is 1. The van der Waals surface area contributed by atoms with Crippen molar-refractivity contribution in [2.45, 2.75) is 12.5 Å². The number of thiazole rings is 1. The number of amides is 1. The molecule has 1 aliphatic rings. The van der Waals surface area contributed by atoms with Gasteiger partial charge in [-0.05, 0) is 24.3 Å². The van der Waals surface area contributed by atoms with Gasteiger partial charge in [-0.15, -0.1) is 11.3 Å². The summed E-state index contributed by atoms with van der Waals surface area (Å²) >= 11 is 1.55. The first-order valence-electron chi connectivity index (χ1n) is 7.50. The fourth-order valence-corrected chi connectivity index (χ4v) is 3.48. The number of carbonyl (C=O) groups excluding carboxylic acids is 1. The Morgan fingerprint density at radius 2 is 2.22 bits per heavy atom. The molecular weight excluding hydrogens is 310 g/mol. The lowest BCUT2D eigenvalue weighted by molar-refractivity contribution is 0.0771. The maximum absolute atomic E-state index is 12.6. The number of aromatic nitrogens is 2. The minimum atomic E-state index is 0.000913. The first kappa shape index (κ1) is 14.1. The molecule has 116 valence electrons. The summed E-state index contributed by atoms with van der Waals surface area (Å²) in [6.07, 6.45) is 2.53. The number of hydrogen-bond donors (Lipinski definition) is 0. The minimum absolute atomic E-state index is 0.000913. The van der Waals surface area contributed by atoms with Crippen molar-refractivity contribution in [2.75, 3.05) is 13.1 Å². The third-order valence-electron chi connectivity index (χ3n) is 3.94. The van der Waals surface area contributed by atoms with Crippen LogP contribution < -0.4 is 4.74 Å². The van der Waals surface area contributed by atoms with Gasteiger partial charge in [0.25, 0.3) is 5.91 Å². The van der Waals surface area contributed by atoms with Crippen LogP contribution in [-0.2, 0) is 0 Å². The molecule has 2 aromatic heterocycles. The molecule has 4 rings (SSSR count). The Hall–Kier alpha value is -2.47. The lowest BCUT2D eigenvalue weighted by atomic mass is 10.2. The zero-order valence-electron chi connectivity index (χ0n) is 12.4. The topological polar surface area (TPSA) is 55.3 Å². The smallest absolute Gasteiger partial charge is 0.254 e. The van der Waals surface area contributed by atoms with E-state index in [1.54, 1.807) is 23.0 Å². The summed E-state index contributed by atoms with van der Waals surface area (Å²) in [5, 5.41) is 0. The fourth-order valence-electron chi connectivity index (χ4n) is 2.77. The van der Waals surface area contributed by atoms with E-state index in [1.165, 1.54) is 0 Å². The lowest BCUT2D eigenvalue weighted by Crippen LogP contribution is -2.31. The molecular formula is C17H15N3O2S. The highest BCUT2D eigenvalue weighted by Gasteiger charge is 2.28. The van der Waals surface area contributed by atoms with Crippen molar-refractivity contribution in [3.8, 4) is 5.88 Å². The van der Waals surface area contributed by atoms with Crippen molar-refractivity contribution < 1.29 is 9.53 Å². The van der Waals surface area contributed by atoms with Gasteiger partial charge in [-0.25, -0.2) is 9.97 Å². The van der Waals surface area contributed by atoms with E-state index < -0.39 is 0 Å². The molecule has 3 heterocycles. The summed E-state index contributed by atoms with van der Waals surface area (Å²) in [6, 6.07) is 11.2. The molecule has 1 unspecified atom stereocenters. The Kier molecular flexibility index (Phi) is 3.67. The van der Waals surface area contributed by atoms with E-state index >= 15 is 0 Å². The first-order valence-corrected chi connectivity index (χ1v) is 8.38. The second-order valence-corrected chi connectivity index (χ2v) is 6.37. The summed E-state index contributed by atoms with van der Waals surface area (Å²) in [7, 11) is 0. The number of benzene rings is 1. The van der Waals surface area contributed by atoms with Gasteiger partial charge in [-0.1, -0.05) is 6.07 Å². The molecule has 0 saturated carbocycles. The maximum Gasteiger partial charge on any atom is 0.254 e. The Morgan fingerprint density at radius 3 is 3.09 bits per heavy atom. The van der Waals surface area contributed by atoms with Gasteiger partial charge in [0, 0.05) is 30.8 Å². The number of pyridine rings is 1. The van der Waals surface area contributed by atoms with Gasteiger partial charge >= 0.3 is 0 Å². The molecule has 1 aliphatic heterocycles. The summed E-state index contributed by atoms with van der Waals surface area (Å²) in [6.45, 7) is 1.30. The molecule has 0 radical (unpaired) electrons. The van der Waals surface area contributed by atoms with Crippen LogP contribution in [0.4, 0.5) is 0 Å². The number of hydrogen-bond acceptors (Lipinski definition) is 5. The summed E-state index contributed by atoms with van der Waals surface area (Å²) in [4.78, 5) is 22.9.